The molecule has 0 aliphatic heterocycles. The van der Waals surface area contributed by atoms with Gasteiger partial charge in [0.25, 0.3) is 21.5 Å². The van der Waals surface area contributed by atoms with E-state index < -0.39 is 28.0 Å². The molecule has 44 heavy (non-hydrogen) atoms. The Kier molecular flexibility index (Phi) is 8.61. The fourth-order valence-electron chi connectivity index (χ4n) is 5.11. The number of hydrazone groups is 1. The van der Waals surface area contributed by atoms with Gasteiger partial charge in [-0.3, -0.25) is 14.3 Å². The molecule has 5 aromatic rings. The van der Waals surface area contributed by atoms with E-state index in [9.17, 15) is 18.0 Å². The van der Waals surface area contributed by atoms with E-state index in [1.807, 2.05) is 54.8 Å². The standard InChI is InChI=1S/C32H31ClN6O4S/c1-22-19-25(23(2)38(22)29-18-12-11-17-28(29)33)20-34-35-30(40)21-37(44(42,43)27-15-9-6-10-16-27)31-24(3)36(4)39(32(31)41)26-13-7-5-8-14-26/h5-20H,21H2,1-4H3,(H,35,40)/b34-20+. The second-order valence-corrected chi connectivity index (χ2v) is 12.4. The van der Waals surface area contributed by atoms with Gasteiger partial charge in [-0.05, 0) is 63.2 Å². The van der Waals surface area contributed by atoms with Gasteiger partial charge in [0.1, 0.15) is 12.2 Å². The lowest BCUT2D eigenvalue weighted by atomic mass is 10.2. The zero-order valence-corrected chi connectivity index (χ0v) is 26.2. The molecule has 0 aliphatic rings. The van der Waals surface area contributed by atoms with E-state index in [1.54, 1.807) is 61.1 Å². The first-order valence-corrected chi connectivity index (χ1v) is 15.5. The zero-order chi connectivity index (χ0) is 31.6. The van der Waals surface area contributed by atoms with Crippen molar-refractivity contribution in [1.29, 1.82) is 0 Å². The van der Waals surface area contributed by atoms with Gasteiger partial charge in [-0.25, -0.2) is 22.8 Å². The Hall–Kier alpha value is -4.87. The number of sulfonamides is 1. The molecule has 3 aromatic carbocycles. The van der Waals surface area contributed by atoms with Gasteiger partial charge in [-0.2, -0.15) is 5.10 Å². The Balaban J connectivity index is 1.47. The van der Waals surface area contributed by atoms with Crippen molar-refractivity contribution in [2.24, 2.45) is 12.1 Å². The number of hydrogen-bond acceptors (Lipinski definition) is 5. The second-order valence-electron chi connectivity index (χ2n) is 10.1. The number of aromatic nitrogens is 3. The lowest BCUT2D eigenvalue weighted by molar-refractivity contribution is -0.119. The summed E-state index contributed by atoms with van der Waals surface area (Å²) in [6.45, 7) is 4.79. The molecule has 0 unspecified atom stereocenters. The maximum Gasteiger partial charge on any atom is 0.296 e. The molecule has 0 saturated heterocycles. The van der Waals surface area contributed by atoms with Crippen LogP contribution in [0, 0.1) is 20.8 Å². The molecule has 2 aromatic heterocycles. The van der Waals surface area contributed by atoms with Crippen LogP contribution in [0.5, 0.6) is 0 Å². The average Bonchev–Trinajstić information content (AvgIpc) is 3.41. The Morgan fingerprint density at radius 2 is 1.55 bits per heavy atom. The van der Waals surface area contributed by atoms with E-state index in [0.29, 0.717) is 16.4 Å². The van der Waals surface area contributed by atoms with Gasteiger partial charge < -0.3 is 4.57 Å². The summed E-state index contributed by atoms with van der Waals surface area (Å²) in [4.78, 5) is 27.0. The molecule has 10 nitrogen and oxygen atoms in total. The average molecular weight is 631 g/mol. The van der Waals surface area contributed by atoms with Crippen LogP contribution in [0.2, 0.25) is 5.02 Å². The fraction of sp³-hybridized carbons (Fsp3) is 0.156. The number of amides is 1. The highest BCUT2D eigenvalue weighted by Gasteiger charge is 2.33. The summed E-state index contributed by atoms with van der Waals surface area (Å²) in [5, 5.41) is 4.70. The minimum Gasteiger partial charge on any atom is -0.316 e. The van der Waals surface area contributed by atoms with Crippen LogP contribution in [0.1, 0.15) is 22.6 Å². The van der Waals surface area contributed by atoms with Gasteiger partial charge >= 0.3 is 0 Å². The van der Waals surface area contributed by atoms with E-state index in [-0.39, 0.29) is 10.6 Å². The van der Waals surface area contributed by atoms with Gasteiger partial charge in [0.2, 0.25) is 0 Å². The summed E-state index contributed by atoms with van der Waals surface area (Å²) in [5.74, 6) is -0.727. The maximum absolute atomic E-state index is 13.9. The summed E-state index contributed by atoms with van der Waals surface area (Å²) in [6, 6.07) is 25.9. The largest absolute Gasteiger partial charge is 0.316 e. The van der Waals surface area contributed by atoms with Crippen molar-refractivity contribution >= 4 is 39.4 Å². The van der Waals surface area contributed by atoms with Crippen LogP contribution in [0.15, 0.2) is 106 Å². The van der Waals surface area contributed by atoms with Gasteiger partial charge in [0.05, 0.1) is 33.2 Å². The third-order valence-electron chi connectivity index (χ3n) is 7.35. The number of anilines is 1. The molecule has 12 heteroatoms. The first-order valence-electron chi connectivity index (χ1n) is 13.7. The summed E-state index contributed by atoms with van der Waals surface area (Å²) >= 11 is 6.42. The Labute approximate surface area is 260 Å². The van der Waals surface area contributed by atoms with Gasteiger partial charge in [-0.15, -0.1) is 0 Å². The number of aryl methyl sites for hydroxylation is 1. The van der Waals surface area contributed by atoms with Crippen LogP contribution in [-0.2, 0) is 21.9 Å². The molecule has 0 aliphatic carbocycles. The number of nitrogens with zero attached hydrogens (tertiary/aromatic N) is 5. The molecule has 0 saturated carbocycles. The highest BCUT2D eigenvalue weighted by atomic mass is 35.5. The predicted molar refractivity (Wildman–Crippen MR) is 173 cm³/mol. The first kappa shape index (κ1) is 30.6. The molecule has 0 bridgehead atoms. The quantitative estimate of drug-likeness (QED) is 0.185. The smallest absolute Gasteiger partial charge is 0.296 e. The van der Waals surface area contributed by atoms with Gasteiger partial charge in [-0.1, -0.05) is 60.1 Å². The lowest BCUT2D eigenvalue weighted by Gasteiger charge is -2.22. The van der Waals surface area contributed by atoms with Crippen molar-refractivity contribution in [2.75, 3.05) is 10.8 Å². The Morgan fingerprint density at radius 1 is 0.932 bits per heavy atom. The van der Waals surface area contributed by atoms with Crippen molar-refractivity contribution in [1.82, 2.24) is 19.4 Å². The third-order valence-corrected chi connectivity index (χ3v) is 9.43. The molecule has 0 radical (unpaired) electrons. The predicted octanol–water partition coefficient (Wildman–Crippen LogP) is 4.89. The van der Waals surface area contributed by atoms with Crippen molar-refractivity contribution in [3.63, 3.8) is 0 Å². The Morgan fingerprint density at radius 3 is 2.20 bits per heavy atom. The molecule has 0 fully saturated rings. The number of halogens is 1. The number of carbonyl (C=O) groups excluding carboxylic acids is 1. The van der Waals surface area contributed by atoms with Crippen molar-refractivity contribution in [3.05, 3.63) is 129 Å². The topological polar surface area (TPSA) is 111 Å². The summed E-state index contributed by atoms with van der Waals surface area (Å²) in [6.07, 6.45) is 1.49. The summed E-state index contributed by atoms with van der Waals surface area (Å²) in [5.41, 5.74) is 5.94. The van der Waals surface area contributed by atoms with Crippen LogP contribution < -0.4 is 15.3 Å². The number of carbonyl (C=O) groups is 1. The number of para-hydroxylation sites is 2. The molecular formula is C32H31ClN6O4S. The van der Waals surface area contributed by atoms with Crippen molar-refractivity contribution in [2.45, 2.75) is 25.7 Å². The maximum atomic E-state index is 13.9. The highest BCUT2D eigenvalue weighted by Crippen LogP contribution is 2.27. The fourth-order valence-corrected chi connectivity index (χ4v) is 6.82. The van der Waals surface area contributed by atoms with Crippen LogP contribution in [0.4, 0.5) is 5.69 Å². The number of rotatable bonds is 9. The molecule has 1 amide bonds. The van der Waals surface area contributed by atoms with E-state index in [4.69, 9.17) is 11.6 Å². The number of benzene rings is 3. The first-order chi connectivity index (χ1) is 21.0. The van der Waals surface area contributed by atoms with Crippen molar-refractivity contribution in [3.8, 4) is 11.4 Å². The molecule has 226 valence electrons. The minimum atomic E-state index is -4.32. The molecular weight excluding hydrogens is 600 g/mol. The molecule has 2 heterocycles. The second kappa shape index (κ2) is 12.4. The normalized spacial score (nSPS) is 11.7. The van der Waals surface area contributed by atoms with Crippen molar-refractivity contribution < 1.29 is 13.2 Å². The molecule has 0 atom stereocenters. The zero-order valence-electron chi connectivity index (χ0n) is 24.6. The van der Waals surface area contributed by atoms with E-state index in [0.717, 1.165) is 26.9 Å². The molecule has 0 spiro atoms. The number of hydrogen-bond donors (Lipinski definition) is 1. The summed E-state index contributed by atoms with van der Waals surface area (Å²) < 4.78 is 33.6. The van der Waals surface area contributed by atoms with Crippen LogP contribution in [0.3, 0.4) is 0 Å². The molecule has 5 rings (SSSR count). The minimum absolute atomic E-state index is 0.0581. The van der Waals surface area contributed by atoms with Gasteiger partial charge in [0, 0.05) is 24.0 Å². The highest BCUT2D eigenvalue weighted by molar-refractivity contribution is 7.92. The number of nitrogens with one attached hydrogen (secondary N) is 1. The monoisotopic (exact) mass is 630 g/mol. The van der Waals surface area contributed by atoms with Crippen LogP contribution >= 0.6 is 11.6 Å². The Bertz CT molecular complexity index is 2030. The third kappa shape index (κ3) is 5.71. The summed E-state index contributed by atoms with van der Waals surface area (Å²) in [7, 11) is -2.67. The lowest BCUT2D eigenvalue weighted by Crippen LogP contribution is -2.42. The SMILES string of the molecule is Cc1cc(/C=N/NC(=O)CN(c2c(C)n(C)n(-c3ccccc3)c2=O)S(=O)(=O)c2ccccc2)c(C)n1-c1ccccc1Cl. The van der Waals surface area contributed by atoms with Gasteiger partial charge in [0.15, 0.2) is 0 Å². The van der Waals surface area contributed by atoms with E-state index in [1.165, 1.54) is 23.0 Å². The van der Waals surface area contributed by atoms with E-state index >= 15 is 0 Å². The van der Waals surface area contributed by atoms with E-state index in [2.05, 4.69) is 10.5 Å². The van der Waals surface area contributed by atoms with Crippen LogP contribution in [0.25, 0.3) is 11.4 Å². The van der Waals surface area contributed by atoms with Crippen LogP contribution in [-0.4, -0.2) is 41.0 Å². The molecule has 1 N–H and O–H groups in total.